The summed E-state index contributed by atoms with van der Waals surface area (Å²) < 4.78 is 0. The van der Waals surface area contributed by atoms with Crippen molar-refractivity contribution in [2.45, 2.75) is 63.7 Å². The summed E-state index contributed by atoms with van der Waals surface area (Å²) in [5.74, 6) is -4.87. The number of fused-ring (bicyclic) bond motifs is 1. The molecule has 3 amide bonds. The van der Waals surface area contributed by atoms with Crippen LogP contribution in [0.3, 0.4) is 0 Å². The zero-order valence-corrected chi connectivity index (χ0v) is 23.0. The number of aromatic nitrogens is 1. The summed E-state index contributed by atoms with van der Waals surface area (Å²) in [7, 11) is 0. The van der Waals surface area contributed by atoms with E-state index in [0.717, 1.165) is 16.5 Å². The van der Waals surface area contributed by atoms with Gasteiger partial charge in [-0.2, -0.15) is 11.8 Å². The van der Waals surface area contributed by atoms with Gasteiger partial charge in [-0.15, -0.1) is 0 Å². The van der Waals surface area contributed by atoms with E-state index >= 15 is 0 Å². The highest BCUT2D eigenvalue weighted by Crippen LogP contribution is 2.19. The van der Waals surface area contributed by atoms with E-state index < -0.39 is 66.2 Å². The predicted molar refractivity (Wildman–Crippen MR) is 148 cm³/mol. The second-order valence-electron chi connectivity index (χ2n) is 9.38. The van der Waals surface area contributed by atoms with Gasteiger partial charge in [0, 0.05) is 17.1 Å². The standard InChI is InChI=1S/C26H37N5O7S/c1-4-14(2)22(26(37)38)31-25(36)20(12-21(32)33)30-24(35)19(9-10-39-3)29-23(34)17(27)11-15-13-28-18-8-6-5-7-16(15)18/h5-8,13-14,17,19-20,22,28H,4,9-12,27H2,1-3H3,(H,29,34)(H,30,35)(H,31,36)(H,32,33)(H,37,38). The number of aromatic amines is 1. The highest BCUT2D eigenvalue weighted by molar-refractivity contribution is 7.98. The molecule has 0 spiro atoms. The molecule has 0 bridgehead atoms. The Balaban J connectivity index is 2.13. The quantitative estimate of drug-likeness (QED) is 0.154. The maximum atomic E-state index is 13.1. The van der Waals surface area contributed by atoms with Crippen molar-refractivity contribution in [2.24, 2.45) is 11.7 Å². The van der Waals surface area contributed by atoms with Gasteiger partial charge in [0.25, 0.3) is 0 Å². The third-order valence-electron chi connectivity index (χ3n) is 6.48. The number of aliphatic carboxylic acids is 2. The molecule has 5 unspecified atom stereocenters. The van der Waals surface area contributed by atoms with E-state index in [-0.39, 0.29) is 12.8 Å². The van der Waals surface area contributed by atoms with Crippen molar-refractivity contribution in [3.05, 3.63) is 36.0 Å². The van der Waals surface area contributed by atoms with Gasteiger partial charge in [-0.3, -0.25) is 19.2 Å². The normalized spacial score (nSPS) is 15.0. The third kappa shape index (κ3) is 9.29. The van der Waals surface area contributed by atoms with Crippen LogP contribution in [0, 0.1) is 5.92 Å². The number of rotatable bonds is 16. The Kier molecular flexibility index (Phi) is 12.3. The van der Waals surface area contributed by atoms with E-state index in [4.69, 9.17) is 5.73 Å². The van der Waals surface area contributed by atoms with E-state index in [1.165, 1.54) is 11.8 Å². The fraction of sp³-hybridized carbons (Fsp3) is 0.500. The smallest absolute Gasteiger partial charge is 0.326 e. The van der Waals surface area contributed by atoms with Gasteiger partial charge in [0.15, 0.2) is 0 Å². The molecule has 0 saturated carbocycles. The zero-order chi connectivity index (χ0) is 29.1. The van der Waals surface area contributed by atoms with Gasteiger partial charge in [0.2, 0.25) is 17.7 Å². The summed E-state index contributed by atoms with van der Waals surface area (Å²) in [4.78, 5) is 65.1. The zero-order valence-electron chi connectivity index (χ0n) is 22.2. The van der Waals surface area contributed by atoms with E-state index in [2.05, 4.69) is 20.9 Å². The lowest BCUT2D eigenvalue weighted by Crippen LogP contribution is -2.58. The number of hydrogen-bond donors (Lipinski definition) is 7. The Labute approximate surface area is 230 Å². The molecule has 39 heavy (non-hydrogen) atoms. The molecule has 13 heteroatoms. The number of thioether (sulfide) groups is 1. The summed E-state index contributed by atoms with van der Waals surface area (Å²) in [5.41, 5.74) is 7.90. The van der Waals surface area contributed by atoms with Crippen LogP contribution < -0.4 is 21.7 Å². The van der Waals surface area contributed by atoms with Gasteiger partial charge in [-0.1, -0.05) is 38.5 Å². The van der Waals surface area contributed by atoms with Crippen LogP contribution in [-0.2, 0) is 30.4 Å². The number of benzene rings is 1. The maximum Gasteiger partial charge on any atom is 0.326 e. The van der Waals surface area contributed by atoms with Crippen LogP contribution >= 0.6 is 11.8 Å². The molecule has 1 heterocycles. The molecule has 5 atom stereocenters. The van der Waals surface area contributed by atoms with E-state index in [0.29, 0.717) is 12.2 Å². The van der Waals surface area contributed by atoms with Crippen LogP contribution in [0.1, 0.15) is 38.7 Å². The number of carboxylic acid groups (broad SMARTS) is 2. The summed E-state index contributed by atoms with van der Waals surface area (Å²) in [6, 6.07) is 2.70. The largest absolute Gasteiger partial charge is 0.481 e. The van der Waals surface area contributed by atoms with Crippen molar-refractivity contribution >= 4 is 52.3 Å². The lowest BCUT2D eigenvalue weighted by molar-refractivity contribution is -0.144. The third-order valence-corrected chi connectivity index (χ3v) is 7.13. The van der Waals surface area contributed by atoms with Gasteiger partial charge in [-0.05, 0) is 42.4 Å². The highest BCUT2D eigenvalue weighted by atomic mass is 32.2. The second-order valence-corrected chi connectivity index (χ2v) is 10.4. The molecular weight excluding hydrogens is 526 g/mol. The molecule has 0 aliphatic heterocycles. The number of carbonyl (C=O) groups is 5. The van der Waals surface area contributed by atoms with Crippen molar-refractivity contribution < 1.29 is 34.2 Å². The maximum absolute atomic E-state index is 13.1. The molecule has 0 radical (unpaired) electrons. The predicted octanol–water partition coefficient (Wildman–Crippen LogP) is 0.851. The number of carboxylic acids is 2. The van der Waals surface area contributed by atoms with Gasteiger partial charge in [0.1, 0.15) is 18.1 Å². The molecule has 2 rings (SSSR count). The van der Waals surface area contributed by atoms with Crippen molar-refractivity contribution in [3.8, 4) is 0 Å². The first kappa shape index (κ1) is 31.6. The van der Waals surface area contributed by atoms with E-state index in [1.54, 1.807) is 20.0 Å². The first-order chi connectivity index (χ1) is 18.5. The number of para-hydroxylation sites is 1. The fourth-order valence-corrected chi connectivity index (χ4v) is 4.48. The summed E-state index contributed by atoms with van der Waals surface area (Å²) in [6.07, 6.45) is 3.69. The minimum Gasteiger partial charge on any atom is -0.481 e. The Bertz CT molecular complexity index is 1170. The first-order valence-corrected chi connectivity index (χ1v) is 14.0. The van der Waals surface area contributed by atoms with Gasteiger partial charge < -0.3 is 36.9 Å². The Hall–Kier alpha value is -3.58. The highest BCUT2D eigenvalue weighted by Gasteiger charge is 2.33. The number of hydrogen-bond acceptors (Lipinski definition) is 7. The second kappa shape index (κ2) is 15.1. The lowest BCUT2D eigenvalue weighted by Gasteiger charge is -2.26. The average molecular weight is 564 g/mol. The Morgan fingerprint density at radius 3 is 2.26 bits per heavy atom. The molecule has 8 N–H and O–H groups in total. The number of H-pyrrole nitrogens is 1. The van der Waals surface area contributed by atoms with Gasteiger partial charge >= 0.3 is 11.9 Å². The molecule has 12 nitrogen and oxygen atoms in total. The molecule has 1 aromatic heterocycles. The summed E-state index contributed by atoms with van der Waals surface area (Å²) >= 11 is 1.44. The lowest BCUT2D eigenvalue weighted by atomic mass is 9.98. The van der Waals surface area contributed by atoms with Crippen LogP contribution in [0.4, 0.5) is 0 Å². The fourth-order valence-electron chi connectivity index (χ4n) is 4.01. The molecule has 0 saturated heterocycles. The molecule has 2 aromatic rings. The first-order valence-electron chi connectivity index (χ1n) is 12.6. The molecule has 0 aliphatic carbocycles. The summed E-state index contributed by atoms with van der Waals surface area (Å²) in [5, 5.41) is 27.0. The summed E-state index contributed by atoms with van der Waals surface area (Å²) in [6.45, 7) is 3.39. The molecule has 1 aromatic carbocycles. The van der Waals surface area contributed by atoms with Crippen LogP contribution in [0.25, 0.3) is 10.9 Å². The van der Waals surface area contributed by atoms with E-state index in [1.807, 2.05) is 30.5 Å². The minimum atomic E-state index is -1.55. The van der Waals surface area contributed by atoms with Crippen LogP contribution in [-0.4, -0.2) is 81.0 Å². The van der Waals surface area contributed by atoms with Crippen LogP contribution in [0.5, 0.6) is 0 Å². The number of carbonyl (C=O) groups excluding carboxylic acids is 3. The molecule has 0 aliphatic rings. The Morgan fingerprint density at radius 2 is 1.64 bits per heavy atom. The van der Waals surface area contributed by atoms with Crippen LogP contribution in [0.15, 0.2) is 30.5 Å². The average Bonchev–Trinajstić information content (AvgIpc) is 3.30. The molecular formula is C26H37N5O7S. The van der Waals surface area contributed by atoms with Gasteiger partial charge in [0.05, 0.1) is 12.5 Å². The van der Waals surface area contributed by atoms with Crippen molar-refractivity contribution in [1.82, 2.24) is 20.9 Å². The SMILES string of the molecule is CCC(C)C(NC(=O)C(CC(=O)O)NC(=O)C(CCSC)NC(=O)C(N)Cc1c[nH]c2ccccc12)C(=O)O. The van der Waals surface area contributed by atoms with Crippen molar-refractivity contribution in [2.75, 3.05) is 12.0 Å². The number of nitrogens with one attached hydrogen (secondary N) is 4. The van der Waals surface area contributed by atoms with E-state index in [9.17, 15) is 34.2 Å². The number of nitrogens with two attached hydrogens (primary N) is 1. The topological polar surface area (TPSA) is 204 Å². The van der Waals surface area contributed by atoms with Crippen LogP contribution in [0.2, 0.25) is 0 Å². The number of amides is 3. The van der Waals surface area contributed by atoms with Crippen molar-refractivity contribution in [1.29, 1.82) is 0 Å². The van der Waals surface area contributed by atoms with Crippen molar-refractivity contribution in [3.63, 3.8) is 0 Å². The molecule has 214 valence electrons. The van der Waals surface area contributed by atoms with Gasteiger partial charge in [-0.25, -0.2) is 4.79 Å². The monoisotopic (exact) mass is 563 g/mol. The molecule has 0 fully saturated rings. The minimum absolute atomic E-state index is 0.199. The Morgan fingerprint density at radius 1 is 1.00 bits per heavy atom.